The second-order valence-corrected chi connectivity index (χ2v) is 8.02. The van der Waals surface area contributed by atoms with Gasteiger partial charge in [0.1, 0.15) is 9.84 Å². The van der Waals surface area contributed by atoms with Crippen LogP contribution in [-0.2, 0) is 14.6 Å². The maximum absolute atomic E-state index is 11.7. The lowest BCUT2D eigenvalue weighted by molar-refractivity contribution is 0.154. The van der Waals surface area contributed by atoms with Crippen molar-refractivity contribution in [3.63, 3.8) is 0 Å². The summed E-state index contributed by atoms with van der Waals surface area (Å²) in [6, 6.07) is 0.192. The van der Waals surface area contributed by atoms with E-state index < -0.39 is 9.84 Å². The topological polar surface area (TPSA) is 81.4 Å². The fraction of sp³-hybridized carbons (Fsp3) is 1.00. The van der Waals surface area contributed by atoms with Crippen LogP contribution in [0.2, 0.25) is 0 Å². The van der Waals surface area contributed by atoms with Gasteiger partial charge in [0.15, 0.2) is 0 Å². The molecule has 0 aromatic carbocycles. The summed E-state index contributed by atoms with van der Waals surface area (Å²) in [5, 5.41) is -0.186. The molecule has 18 heavy (non-hydrogen) atoms. The van der Waals surface area contributed by atoms with Crippen LogP contribution in [0.4, 0.5) is 0 Å². The highest BCUT2D eigenvalue weighted by Crippen LogP contribution is 2.34. The Morgan fingerprint density at radius 1 is 1.28 bits per heavy atom. The molecule has 2 fully saturated rings. The van der Waals surface area contributed by atoms with Crippen LogP contribution in [0.25, 0.3) is 0 Å². The first-order chi connectivity index (χ1) is 8.52. The van der Waals surface area contributed by atoms with Crippen molar-refractivity contribution < 1.29 is 13.2 Å². The third-order valence-electron chi connectivity index (χ3n) is 4.45. The van der Waals surface area contributed by atoms with Crippen LogP contribution in [0.15, 0.2) is 0 Å². The maximum Gasteiger partial charge on any atom is 0.150 e. The van der Waals surface area contributed by atoms with Gasteiger partial charge in [-0.1, -0.05) is 6.42 Å². The van der Waals surface area contributed by atoms with Gasteiger partial charge in [0.2, 0.25) is 0 Å². The van der Waals surface area contributed by atoms with Crippen LogP contribution in [0, 0.1) is 11.8 Å². The first-order valence-corrected chi connectivity index (χ1v) is 8.70. The van der Waals surface area contributed by atoms with E-state index in [2.05, 4.69) is 5.43 Å². The van der Waals surface area contributed by atoms with Crippen molar-refractivity contribution in [2.75, 3.05) is 19.5 Å². The van der Waals surface area contributed by atoms with Crippen LogP contribution in [0.1, 0.15) is 32.1 Å². The maximum atomic E-state index is 11.7. The number of hydrazine groups is 1. The Morgan fingerprint density at radius 3 is 2.61 bits per heavy atom. The van der Waals surface area contributed by atoms with Gasteiger partial charge in [-0.25, -0.2) is 8.42 Å². The molecule has 2 aliphatic rings. The van der Waals surface area contributed by atoms with Gasteiger partial charge < -0.3 is 4.74 Å². The molecule has 5 nitrogen and oxygen atoms in total. The van der Waals surface area contributed by atoms with Crippen molar-refractivity contribution >= 4 is 9.84 Å². The van der Waals surface area contributed by atoms with E-state index in [-0.39, 0.29) is 11.3 Å². The molecule has 0 amide bonds. The predicted octanol–water partition coefficient (Wildman–Crippen LogP) is 0.458. The van der Waals surface area contributed by atoms with Crippen LogP contribution in [-0.4, -0.2) is 39.2 Å². The third-order valence-corrected chi connectivity index (χ3v) is 6.08. The van der Waals surface area contributed by atoms with Gasteiger partial charge in [0, 0.05) is 24.8 Å². The zero-order valence-electron chi connectivity index (χ0n) is 11.0. The van der Waals surface area contributed by atoms with Crippen molar-refractivity contribution in [1.82, 2.24) is 5.43 Å². The van der Waals surface area contributed by atoms with E-state index in [0.29, 0.717) is 11.8 Å². The molecule has 6 heteroatoms. The first kappa shape index (κ1) is 14.2. The fourth-order valence-electron chi connectivity index (χ4n) is 3.39. The zero-order valence-corrected chi connectivity index (χ0v) is 11.8. The summed E-state index contributed by atoms with van der Waals surface area (Å²) in [4.78, 5) is 0. The summed E-state index contributed by atoms with van der Waals surface area (Å²) in [6.45, 7) is 1.54. The molecule has 1 heterocycles. The molecule has 1 aliphatic heterocycles. The average molecular weight is 276 g/mol. The highest BCUT2D eigenvalue weighted by atomic mass is 32.2. The van der Waals surface area contributed by atoms with Crippen LogP contribution < -0.4 is 11.3 Å². The van der Waals surface area contributed by atoms with Gasteiger partial charge in [0.25, 0.3) is 0 Å². The number of ether oxygens (including phenoxy) is 1. The Balaban J connectivity index is 2.02. The summed E-state index contributed by atoms with van der Waals surface area (Å²) in [5.74, 6) is 6.47. The van der Waals surface area contributed by atoms with E-state index >= 15 is 0 Å². The molecule has 0 bridgehead atoms. The van der Waals surface area contributed by atoms with Gasteiger partial charge in [-0.3, -0.25) is 11.3 Å². The van der Waals surface area contributed by atoms with Crippen LogP contribution >= 0.6 is 0 Å². The quantitative estimate of drug-likeness (QED) is 0.576. The molecule has 2 rings (SSSR count). The van der Waals surface area contributed by atoms with Crippen molar-refractivity contribution in [2.45, 2.75) is 43.4 Å². The smallest absolute Gasteiger partial charge is 0.150 e. The molecule has 0 radical (unpaired) electrons. The number of sulfone groups is 1. The Labute approximate surface area is 109 Å². The Hall–Kier alpha value is -0.170. The normalized spacial score (nSPS) is 35.6. The number of nitrogens with two attached hydrogens (primary N) is 1. The molecular formula is C12H24N2O3S. The molecule has 0 spiro atoms. The van der Waals surface area contributed by atoms with E-state index in [9.17, 15) is 8.42 Å². The molecule has 3 N–H and O–H groups in total. The SMILES string of the molecule is CS(=O)(=O)C1CCCC(C(NN)C2CCOC2)C1. The molecular weight excluding hydrogens is 252 g/mol. The standard InChI is InChI=1S/C12H24N2O3S/c1-18(15,16)11-4-2-3-9(7-11)12(14-13)10-5-6-17-8-10/h9-12,14H,2-8,13H2,1H3. The second kappa shape index (κ2) is 5.86. The van der Waals surface area contributed by atoms with Gasteiger partial charge in [-0.15, -0.1) is 0 Å². The highest BCUT2D eigenvalue weighted by molar-refractivity contribution is 7.91. The Kier molecular flexibility index (Phi) is 4.64. The average Bonchev–Trinajstić information content (AvgIpc) is 2.83. The monoisotopic (exact) mass is 276 g/mol. The Bertz CT molecular complexity index is 366. The van der Waals surface area contributed by atoms with Crippen molar-refractivity contribution in [3.05, 3.63) is 0 Å². The molecule has 1 saturated carbocycles. The van der Waals surface area contributed by atoms with Gasteiger partial charge in [0.05, 0.1) is 11.9 Å². The van der Waals surface area contributed by atoms with Crippen molar-refractivity contribution in [3.8, 4) is 0 Å². The predicted molar refractivity (Wildman–Crippen MR) is 70.6 cm³/mol. The number of rotatable bonds is 4. The minimum Gasteiger partial charge on any atom is -0.381 e. The summed E-state index contributed by atoms with van der Waals surface area (Å²) in [6.07, 6.45) is 5.96. The molecule has 0 aromatic rings. The summed E-state index contributed by atoms with van der Waals surface area (Å²) < 4.78 is 28.8. The molecule has 106 valence electrons. The molecule has 4 atom stereocenters. The lowest BCUT2D eigenvalue weighted by Gasteiger charge is -2.36. The largest absolute Gasteiger partial charge is 0.381 e. The summed E-state index contributed by atoms with van der Waals surface area (Å²) in [5.41, 5.74) is 2.91. The van der Waals surface area contributed by atoms with Gasteiger partial charge in [-0.05, 0) is 31.6 Å². The molecule has 4 unspecified atom stereocenters. The van der Waals surface area contributed by atoms with Crippen LogP contribution in [0.5, 0.6) is 0 Å². The fourth-order valence-corrected chi connectivity index (χ4v) is 4.58. The second-order valence-electron chi connectivity index (χ2n) is 5.69. The molecule has 1 aliphatic carbocycles. The highest BCUT2D eigenvalue weighted by Gasteiger charge is 2.37. The summed E-state index contributed by atoms with van der Waals surface area (Å²) >= 11 is 0. The van der Waals surface area contributed by atoms with Gasteiger partial charge in [-0.2, -0.15) is 0 Å². The lowest BCUT2D eigenvalue weighted by atomic mass is 9.78. The van der Waals surface area contributed by atoms with E-state index in [4.69, 9.17) is 10.6 Å². The minimum absolute atomic E-state index is 0.186. The number of hydrogen-bond acceptors (Lipinski definition) is 5. The van der Waals surface area contributed by atoms with Crippen molar-refractivity contribution in [2.24, 2.45) is 17.7 Å². The summed E-state index contributed by atoms with van der Waals surface area (Å²) in [7, 11) is -2.92. The third kappa shape index (κ3) is 3.23. The van der Waals surface area contributed by atoms with E-state index in [0.717, 1.165) is 45.3 Å². The Morgan fingerprint density at radius 2 is 2.06 bits per heavy atom. The molecule has 0 aromatic heterocycles. The van der Waals surface area contributed by atoms with E-state index in [1.165, 1.54) is 6.26 Å². The number of nitrogens with one attached hydrogen (secondary N) is 1. The minimum atomic E-state index is -2.92. The van der Waals surface area contributed by atoms with E-state index in [1.54, 1.807) is 0 Å². The molecule has 1 saturated heterocycles. The van der Waals surface area contributed by atoms with E-state index in [1.807, 2.05) is 0 Å². The van der Waals surface area contributed by atoms with Crippen LogP contribution in [0.3, 0.4) is 0 Å². The number of hydrogen-bond donors (Lipinski definition) is 2. The van der Waals surface area contributed by atoms with Crippen molar-refractivity contribution in [1.29, 1.82) is 0 Å². The zero-order chi connectivity index (χ0) is 13.2. The first-order valence-electron chi connectivity index (χ1n) is 6.75. The van der Waals surface area contributed by atoms with Gasteiger partial charge >= 0.3 is 0 Å². The lowest BCUT2D eigenvalue weighted by Crippen LogP contribution is -2.48.